The second-order valence-electron chi connectivity index (χ2n) is 19.0. The zero-order chi connectivity index (χ0) is 48.6. The van der Waals surface area contributed by atoms with Crippen molar-refractivity contribution in [2.75, 3.05) is 69.5 Å². The largest absolute Gasteiger partial charge is 0.508 e. The molecule has 3 aliphatic heterocycles. The maximum absolute atomic E-state index is 13.5. The third kappa shape index (κ3) is 9.20. The van der Waals surface area contributed by atoms with Crippen LogP contribution in [0.4, 0.5) is 16.6 Å². The number of benzene rings is 3. The molecule has 0 spiro atoms. The van der Waals surface area contributed by atoms with E-state index in [9.17, 15) is 19.8 Å². The van der Waals surface area contributed by atoms with Gasteiger partial charge in [0.1, 0.15) is 29.7 Å². The van der Waals surface area contributed by atoms with Gasteiger partial charge in [-0.05, 0) is 111 Å². The Hall–Kier alpha value is -7.18. The van der Waals surface area contributed by atoms with Crippen LogP contribution in [0.1, 0.15) is 64.0 Å². The molecule has 2 atom stereocenters. The SMILES string of the molecule is COc1ccc(-c2ccc3c(N4CCOCC4C)nc(N4CCOCC4C)nc3n2)cc1COC(=O)N1CCC(CCn2ccc3cc(-n4c(-c5cc(C(C)C)c(O)cc5O)n[nH]c4=O)ccc32)CC1. The smallest absolute Gasteiger partial charge is 0.410 e. The summed E-state index contributed by atoms with van der Waals surface area (Å²) in [6.07, 6.45) is 4.37. The number of amides is 1. The van der Waals surface area contributed by atoms with Crippen molar-refractivity contribution in [1.82, 2.24) is 39.2 Å². The summed E-state index contributed by atoms with van der Waals surface area (Å²) in [5.74, 6) is 2.59. The van der Waals surface area contributed by atoms with E-state index in [1.807, 2.05) is 68.4 Å². The van der Waals surface area contributed by atoms with Gasteiger partial charge in [-0.3, -0.25) is 0 Å². The number of rotatable bonds is 12. The number of H-pyrrole nitrogens is 1. The number of aromatic amines is 1. The number of likely N-dealkylation sites (tertiary alicyclic amines) is 1. The number of pyridine rings is 1. The molecule has 1 amide bonds. The Bertz CT molecular complexity index is 3100. The lowest BCUT2D eigenvalue weighted by molar-refractivity contribution is 0.0806. The van der Waals surface area contributed by atoms with Gasteiger partial charge in [0.05, 0.1) is 68.0 Å². The highest BCUT2D eigenvalue weighted by Crippen LogP contribution is 2.38. The predicted octanol–water partition coefficient (Wildman–Crippen LogP) is 7.62. The summed E-state index contributed by atoms with van der Waals surface area (Å²) in [7, 11) is 1.61. The van der Waals surface area contributed by atoms with Gasteiger partial charge in [-0.1, -0.05) is 13.8 Å². The van der Waals surface area contributed by atoms with Crippen LogP contribution in [0.2, 0.25) is 0 Å². The number of morpholine rings is 2. The summed E-state index contributed by atoms with van der Waals surface area (Å²) in [5, 5.41) is 29.8. The van der Waals surface area contributed by atoms with E-state index < -0.39 is 5.69 Å². The van der Waals surface area contributed by atoms with Gasteiger partial charge in [0.15, 0.2) is 11.5 Å². The van der Waals surface area contributed by atoms with E-state index in [0.717, 1.165) is 71.3 Å². The van der Waals surface area contributed by atoms with Crippen molar-refractivity contribution in [2.24, 2.45) is 5.92 Å². The Morgan fingerprint density at radius 1 is 0.871 bits per heavy atom. The molecule has 2 unspecified atom stereocenters. The minimum absolute atomic E-state index is 0.0110. The van der Waals surface area contributed by atoms with Crippen LogP contribution < -0.4 is 20.2 Å². The number of phenols is 2. The van der Waals surface area contributed by atoms with E-state index in [-0.39, 0.29) is 48.0 Å². The third-order valence-corrected chi connectivity index (χ3v) is 14.1. The monoisotopic (exact) mass is 952 g/mol. The number of carbonyl (C=O) groups is 1. The maximum atomic E-state index is 13.5. The number of nitrogens with zero attached hydrogens (tertiary/aromatic N) is 9. The third-order valence-electron chi connectivity index (χ3n) is 14.1. The molecule has 3 saturated heterocycles. The second-order valence-corrected chi connectivity index (χ2v) is 19.0. The average molecular weight is 953 g/mol. The van der Waals surface area contributed by atoms with Crippen molar-refractivity contribution in [2.45, 2.75) is 78.1 Å². The summed E-state index contributed by atoms with van der Waals surface area (Å²) in [5.41, 5.74) is 5.09. The fourth-order valence-electron chi connectivity index (χ4n) is 10.0. The lowest BCUT2D eigenvalue weighted by atomic mass is 9.94. The number of hydrogen-bond acceptors (Lipinski definition) is 14. The maximum Gasteiger partial charge on any atom is 0.410 e. The van der Waals surface area contributed by atoms with Gasteiger partial charge in [-0.15, -0.1) is 0 Å². The van der Waals surface area contributed by atoms with E-state index in [4.69, 9.17) is 33.9 Å². The van der Waals surface area contributed by atoms with Crippen LogP contribution in [0.5, 0.6) is 17.2 Å². The Morgan fingerprint density at radius 3 is 2.39 bits per heavy atom. The van der Waals surface area contributed by atoms with E-state index in [1.165, 1.54) is 10.6 Å². The number of hydrogen-bond donors (Lipinski definition) is 3. The van der Waals surface area contributed by atoms with Crippen molar-refractivity contribution in [3.8, 4) is 45.6 Å². The summed E-state index contributed by atoms with van der Waals surface area (Å²) in [4.78, 5) is 48.1. The van der Waals surface area contributed by atoms with Gasteiger partial charge < -0.3 is 48.4 Å². The minimum Gasteiger partial charge on any atom is -0.508 e. The number of anilines is 2. The van der Waals surface area contributed by atoms with Gasteiger partial charge in [0, 0.05) is 67.0 Å². The van der Waals surface area contributed by atoms with E-state index in [1.54, 1.807) is 18.1 Å². The lowest BCUT2D eigenvalue weighted by Crippen LogP contribution is -2.46. The fourth-order valence-corrected chi connectivity index (χ4v) is 10.0. The van der Waals surface area contributed by atoms with Crippen molar-refractivity contribution in [3.63, 3.8) is 0 Å². The minimum atomic E-state index is -0.441. The van der Waals surface area contributed by atoms with Crippen LogP contribution in [0.3, 0.4) is 0 Å². The number of piperidine rings is 1. The van der Waals surface area contributed by atoms with Gasteiger partial charge >= 0.3 is 11.8 Å². The van der Waals surface area contributed by atoms with Crippen LogP contribution in [0.15, 0.2) is 77.7 Å². The topological polar surface area (TPSA) is 198 Å². The standard InChI is InChI=1S/C52H60N10O8/c1-31(2)40-26-41(45(64)27-44(40)63)49-56-57-51(65)62(49)38-7-10-43-36(25-38)15-19-58(43)16-12-34-13-17-59(18-14-34)52(66)70-30-37-24-35(6-11-46(37)67-5)42-9-8-39-47(53-42)54-50(61-21-23-69-29-33(61)4)55-48(39)60-20-22-68-28-32(60)3/h6-11,15,19,24-27,31-34,63-64H,12-14,16-18,20-23,28-30H2,1-5H3,(H,57,65). The molecule has 3 aliphatic rings. The summed E-state index contributed by atoms with van der Waals surface area (Å²) >= 11 is 0. The summed E-state index contributed by atoms with van der Waals surface area (Å²) in [6.45, 7) is 14.1. The predicted molar refractivity (Wildman–Crippen MR) is 266 cm³/mol. The number of carbonyl (C=O) groups excluding carboxylic acids is 1. The molecule has 0 aliphatic carbocycles. The molecule has 7 heterocycles. The number of aromatic hydroxyl groups is 2. The molecule has 18 heteroatoms. The quantitative estimate of drug-likeness (QED) is 0.108. The highest BCUT2D eigenvalue weighted by Gasteiger charge is 2.29. The van der Waals surface area contributed by atoms with E-state index in [0.29, 0.717) is 86.1 Å². The molecule has 3 N–H and O–H groups in total. The van der Waals surface area contributed by atoms with Crippen molar-refractivity contribution in [3.05, 3.63) is 94.5 Å². The molecular formula is C52H60N10O8. The zero-order valence-corrected chi connectivity index (χ0v) is 40.3. The number of aromatic nitrogens is 7. The number of phenolic OH excluding ortho intramolecular Hbond substituents is 2. The molecular weight excluding hydrogens is 893 g/mol. The molecule has 0 radical (unpaired) electrons. The van der Waals surface area contributed by atoms with Crippen molar-refractivity contribution in [1.29, 1.82) is 0 Å². The van der Waals surface area contributed by atoms with Crippen LogP contribution >= 0.6 is 0 Å². The molecule has 70 heavy (non-hydrogen) atoms. The second kappa shape index (κ2) is 19.7. The molecule has 3 fully saturated rings. The number of nitrogens with one attached hydrogen (secondary N) is 1. The first-order valence-corrected chi connectivity index (χ1v) is 24.2. The Labute approximate surface area is 405 Å². The highest BCUT2D eigenvalue weighted by atomic mass is 16.6. The Kier molecular flexibility index (Phi) is 13.1. The Balaban J connectivity index is 0.777. The molecule has 3 aromatic carbocycles. The van der Waals surface area contributed by atoms with Crippen molar-refractivity contribution < 1.29 is 34.0 Å². The highest BCUT2D eigenvalue weighted by molar-refractivity contribution is 5.90. The molecule has 0 saturated carbocycles. The number of methoxy groups -OCH3 is 1. The van der Waals surface area contributed by atoms with Crippen LogP contribution in [-0.4, -0.2) is 127 Å². The molecule has 366 valence electrons. The molecule has 4 aromatic heterocycles. The first-order chi connectivity index (χ1) is 33.9. The number of fused-ring (bicyclic) bond motifs is 2. The van der Waals surface area contributed by atoms with Gasteiger partial charge in [0.25, 0.3) is 0 Å². The van der Waals surface area contributed by atoms with Gasteiger partial charge in [0.2, 0.25) is 5.95 Å². The zero-order valence-electron chi connectivity index (χ0n) is 40.3. The molecule has 7 aromatic rings. The average Bonchev–Trinajstić information content (AvgIpc) is 3.96. The first-order valence-electron chi connectivity index (χ1n) is 24.2. The van der Waals surface area contributed by atoms with Crippen molar-refractivity contribution >= 4 is 39.8 Å². The summed E-state index contributed by atoms with van der Waals surface area (Å²) < 4.78 is 26.8. The van der Waals surface area contributed by atoms with E-state index in [2.05, 4.69) is 44.6 Å². The molecule has 18 nitrogen and oxygen atoms in total. The normalized spacial score (nSPS) is 18.1. The molecule has 10 rings (SSSR count). The fraction of sp³-hybridized carbons (Fsp3) is 0.423. The van der Waals surface area contributed by atoms with Crippen LogP contribution in [0, 0.1) is 5.92 Å². The van der Waals surface area contributed by atoms with E-state index >= 15 is 0 Å². The van der Waals surface area contributed by atoms with Gasteiger partial charge in [-0.2, -0.15) is 15.1 Å². The first kappa shape index (κ1) is 46.5. The number of aryl methyl sites for hydroxylation is 1. The lowest BCUT2D eigenvalue weighted by Gasteiger charge is -2.37. The van der Waals surface area contributed by atoms with Crippen LogP contribution in [-0.2, 0) is 27.4 Å². The summed E-state index contributed by atoms with van der Waals surface area (Å²) in [6, 6.07) is 20.9. The van der Waals surface area contributed by atoms with Crippen LogP contribution in [0.25, 0.3) is 50.3 Å². The van der Waals surface area contributed by atoms with Gasteiger partial charge in [-0.25, -0.2) is 24.2 Å². The molecule has 0 bridgehead atoms. The Morgan fingerprint density at radius 2 is 1.64 bits per heavy atom. The number of ether oxygens (including phenoxy) is 4.